The molecule has 0 unspecified atom stereocenters. The van der Waals surface area contributed by atoms with Gasteiger partial charge in [-0.25, -0.2) is 14.4 Å². The number of thiazole rings is 1. The molecular weight excluding hydrogens is 379 g/mol. The van der Waals surface area contributed by atoms with Gasteiger partial charge in [-0.1, -0.05) is 0 Å². The van der Waals surface area contributed by atoms with Crippen LogP contribution in [0.5, 0.6) is 0 Å². The molecule has 1 saturated heterocycles. The van der Waals surface area contributed by atoms with E-state index in [1.165, 1.54) is 23.5 Å². The van der Waals surface area contributed by atoms with Gasteiger partial charge in [0.05, 0.1) is 13.2 Å². The molecule has 0 aliphatic carbocycles. The van der Waals surface area contributed by atoms with Gasteiger partial charge >= 0.3 is 0 Å². The summed E-state index contributed by atoms with van der Waals surface area (Å²) in [6.07, 6.45) is 1.77. The van der Waals surface area contributed by atoms with Crippen LogP contribution in [0.15, 0.2) is 41.9 Å². The Labute approximate surface area is 166 Å². The van der Waals surface area contributed by atoms with Crippen LogP contribution in [0.3, 0.4) is 0 Å². The number of rotatable bonds is 4. The van der Waals surface area contributed by atoms with Gasteiger partial charge < -0.3 is 15.0 Å². The zero-order chi connectivity index (χ0) is 19.5. The van der Waals surface area contributed by atoms with Gasteiger partial charge in [-0.05, 0) is 42.8 Å². The molecule has 6 nitrogen and oxygen atoms in total. The van der Waals surface area contributed by atoms with E-state index in [2.05, 4.69) is 20.2 Å². The van der Waals surface area contributed by atoms with Crippen molar-refractivity contribution in [1.29, 1.82) is 0 Å². The Morgan fingerprint density at radius 3 is 2.79 bits per heavy atom. The first-order valence-electron chi connectivity index (χ1n) is 8.92. The molecule has 8 heteroatoms. The van der Waals surface area contributed by atoms with Crippen LogP contribution in [0.1, 0.15) is 16.1 Å². The lowest BCUT2D eigenvalue weighted by Gasteiger charge is -2.27. The van der Waals surface area contributed by atoms with E-state index in [4.69, 9.17) is 4.74 Å². The Morgan fingerprint density at radius 2 is 2.07 bits per heavy atom. The number of carbonyl (C=O) groups excluding carboxylic acids is 1. The highest BCUT2D eigenvalue weighted by Gasteiger charge is 2.15. The summed E-state index contributed by atoms with van der Waals surface area (Å²) in [6.45, 7) is 4.82. The predicted octanol–water partition coefficient (Wildman–Crippen LogP) is 3.74. The number of aromatic nitrogens is 2. The third kappa shape index (κ3) is 4.02. The van der Waals surface area contributed by atoms with Crippen molar-refractivity contribution < 1.29 is 13.9 Å². The Balaban J connectivity index is 1.46. The lowest BCUT2D eigenvalue weighted by atomic mass is 10.2. The van der Waals surface area contributed by atoms with E-state index in [9.17, 15) is 9.18 Å². The first kappa shape index (κ1) is 18.5. The summed E-state index contributed by atoms with van der Waals surface area (Å²) < 4.78 is 18.6. The van der Waals surface area contributed by atoms with Gasteiger partial charge in [0, 0.05) is 35.9 Å². The minimum Gasteiger partial charge on any atom is -0.378 e. The summed E-state index contributed by atoms with van der Waals surface area (Å²) in [4.78, 5) is 23.6. The van der Waals surface area contributed by atoms with Gasteiger partial charge in [0.25, 0.3) is 5.91 Å². The Morgan fingerprint density at radius 1 is 1.25 bits per heavy atom. The number of ether oxygens (including phenoxy) is 1. The number of pyridine rings is 1. The van der Waals surface area contributed by atoms with E-state index in [1.54, 1.807) is 24.6 Å². The van der Waals surface area contributed by atoms with E-state index in [0.717, 1.165) is 29.5 Å². The third-order valence-electron chi connectivity index (χ3n) is 4.50. The highest BCUT2D eigenvalue weighted by Crippen LogP contribution is 2.26. The summed E-state index contributed by atoms with van der Waals surface area (Å²) in [5.41, 5.74) is 2.41. The number of benzene rings is 1. The van der Waals surface area contributed by atoms with Crippen molar-refractivity contribution >= 4 is 28.7 Å². The fourth-order valence-electron chi connectivity index (χ4n) is 2.96. The second kappa shape index (κ2) is 8.04. The number of aryl methyl sites for hydroxylation is 1. The van der Waals surface area contributed by atoms with Crippen LogP contribution in [0, 0.1) is 12.7 Å². The number of anilines is 2. The van der Waals surface area contributed by atoms with Gasteiger partial charge in [-0.3, -0.25) is 4.79 Å². The van der Waals surface area contributed by atoms with Gasteiger partial charge in [-0.2, -0.15) is 0 Å². The van der Waals surface area contributed by atoms with Gasteiger partial charge in [0.15, 0.2) is 0 Å². The van der Waals surface area contributed by atoms with Gasteiger partial charge in [-0.15, -0.1) is 11.3 Å². The average molecular weight is 398 g/mol. The molecule has 1 amide bonds. The molecule has 3 aromatic rings. The highest BCUT2D eigenvalue weighted by molar-refractivity contribution is 7.13. The third-order valence-corrected chi connectivity index (χ3v) is 5.39. The van der Waals surface area contributed by atoms with Crippen LogP contribution in [-0.4, -0.2) is 42.2 Å². The summed E-state index contributed by atoms with van der Waals surface area (Å²) >= 11 is 1.38. The molecule has 3 heterocycles. The van der Waals surface area contributed by atoms with Crippen LogP contribution >= 0.6 is 11.3 Å². The van der Waals surface area contributed by atoms with Crippen LogP contribution in [0.25, 0.3) is 10.6 Å². The molecule has 1 aliphatic rings. The van der Waals surface area contributed by atoms with Gasteiger partial charge in [0.2, 0.25) is 0 Å². The van der Waals surface area contributed by atoms with Crippen LogP contribution in [0.2, 0.25) is 0 Å². The topological polar surface area (TPSA) is 67.4 Å². The molecule has 0 spiro atoms. The van der Waals surface area contributed by atoms with Crippen molar-refractivity contribution in [2.75, 3.05) is 36.5 Å². The van der Waals surface area contributed by atoms with Crippen molar-refractivity contribution in [2.45, 2.75) is 6.92 Å². The number of halogens is 1. The molecule has 28 heavy (non-hydrogen) atoms. The van der Waals surface area contributed by atoms with E-state index in [0.29, 0.717) is 30.2 Å². The van der Waals surface area contributed by atoms with Crippen molar-refractivity contribution in [3.05, 3.63) is 59.0 Å². The molecule has 0 saturated carbocycles. The maximum Gasteiger partial charge on any atom is 0.275 e. The molecule has 0 bridgehead atoms. The molecule has 2 aromatic heterocycles. The largest absolute Gasteiger partial charge is 0.378 e. The van der Waals surface area contributed by atoms with Crippen LogP contribution in [-0.2, 0) is 4.74 Å². The van der Waals surface area contributed by atoms with E-state index in [1.807, 2.05) is 12.1 Å². The standard InChI is InChI=1S/C20H19FN4O2S/c1-13-10-15(21)3-4-16(13)23-19(26)17-12-28-20(24-17)14-2-5-18(22-11-14)25-6-8-27-9-7-25/h2-5,10-12H,6-9H2,1H3,(H,23,26). The maximum atomic E-state index is 13.2. The number of hydrogen-bond acceptors (Lipinski definition) is 6. The van der Waals surface area contributed by atoms with Crippen molar-refractivity contribution in [1.82, 2.24) is 9.97 Å². The Bertz CT molecular complexity index is 984. The lowest BCUT2D eigenvalue weighted by molar-refractivity contribution is 0.102. The van der Waals surface area contributed by atoms with Crippen molar-refractivity contribution in [3.63, 3.8) is 0 Å². The number of nitrogens with one attached hydrogen (secondary N) is 1. The Kier molecular flexibility index (Phi) is 5.31. The molecule has 1 fully saturated rings. The second-order valence-electron chi connectivity index (χ2n) is 6.46. The minimum atomic E-state index is -0.334. The van der Waals surface area contributed by atoms with Crippen molar-refractivity contribution in [2.24, 2.45) is 0 Å². The molecule has 1 aliphatic heterocycles. The molecule has 1 aromatic carbocycles. The zero-order valence-corrected chi connectivity index (χ0v) is 16.1. The molecule has 0 radical (unpaired) electrons. The van der Waals surface area contributed by atoms with Crippen LogP contribution < -0.4 is 10.2 Å². The smallest absolute Gasteiger partial charge is 0.275 e. The molecule has 144 valence electrons. The zero-order valence-electron chi connectivity index (χ0n) is 15.3. The summed E-state index contributed by atoms with van der Waals surface area (Å²) in [6, 6.07) is 8.16. The number of nitrogens with zero attached hydrogens (tertiary/aromatic N) is 3. The van der Waals surface area contributed by atoms with Crippen LogP contribution in [0.4, 0.5) is 15.9 Å². The van der Waals surface area contributed by atoms with Crippen molar-refractivity contribution in [3.8, 4) is 10.6 Å². The summed E-state index contributed by atoms with van der Waals surface area (Å²) in [7, 11) is 0. The fraction of sp³-hybridized carbons (Fsp3) is 0.250. The van der Waals surface area contributed by atoms with E-state index in [-0.39, 0.29) is 11.7 Å². The number of morpholine rings is 1. The molecule has 0 atom stereocenters. The highest BCUT2D eigenvalue weighted by atomic mass is 32.1. The maximum absolute atomic E-state index is 13.2. The normalized spacial score (nSPS) is 14.1. The lowest BCUT2D eigenvalue weighted by Crippen LogP contribution is -2.36. The predicted molar refractivity (Wildman–Crippen MR) is 107 cm³/mol. The summed E-state index contributed by atoms with van der Waals surface area (Å²) in [5, 5.41) is 5.21. The monoisotopic (exact) mass is 398 g/mol. The Hall–Kier alpha value is -2.84. The SMILES string of the molecule is Cc1cc(F)ccc1NC(=O)c1csc(-c2ccc(N3CCOCC3)nc2)n1. The number of hydrogen-bond donors (Lipinski definition) is 1. The fourth-order valence-corrected chi connectivity index (χ4v) is 3.75. The van der Waals surface area contributed by atoms with E-state index >= 15 is 0 Å². The minimum absolute atomic E-state index is 0.320. The number of carbonyl (C=O) groups is 1. The first-order valence-corrected chi connectivity index (χ1v) is 9.80. The second-order valence-corrected chi connectivity index (χ2v) is 7.31. The quantitative estimate of drug-likeness (QED) is 0.725. The molecule has 1 N–H and O–H groups in total. The number of amides is 1. The van der Waals surface area contributed by atoms with E-state index < -0.39 is 0 Å². The average Bonchev–Trinajstić information content (AvgIpc) is 3.21. The molecular formula is C20H19FN4O2S. The van der Waals surface area contributed by atoms with Gasteiger partial charge in [0.1, 0.15) is 22.3 Å². The molecule has 4 rings (SSSR count). The first-order chi connectivity index (χ1) is 13.6. The summed E-state index contributed by atoms with van der Waals surface area (Å²) in [5.74, 6) is 0.253.